The van der Waals surface area contributed by atoms with Crippen molar-refractivity contribution in [3.05, 3.63) is 63.9 Å². The number of benzene rings is 2. The van der Waals surface area contributed by atoms with Crippen LogP contribution in [0.4, 0.5) is 4.39 Å². The molecule has 0 unspecified atom stereocenters. The first-order valence-electron chi connectivity index (χ1n) is 5.97. The number of halogens is 2. The van der Waals surface area contributed by atoms with Crippen LogP contribution < -0.4 is 10.1 Å². The largest absolute Gasteiger partial charge is 0.496 e. The zero-order valence-corrected chi connectivity index (χ0v) is 12.4. The van der Waals surface area contributed by atoms with Crippen LogP contribution in [-0.2, 0) is 6.54 Å². The normalized spacial score (nSPS) is 10.2. The van der Waals surface area contributed by atoms with Crippen LogP contribution in [0.1, 0.15) is 15.9 Å². The molecule has 0 heterocycles. The van der Waals surface area contributed by atoms with Gasteiger partial charge in [0.25, 0.3) is 5.91 Å². The van der Waals surface area contributed by atoms with Crippen molar-refractivity contribution in [1.29, 1.82) is 0 Å². The third-order valence-corrected chi connectivity index (χ3v) is 3.48. The first kappa shape index (κ1) is 14.5. The Kier molecular flexibility index (Phi) is 4.74. The molecule has 2 aromatic carbocycles. The molecule has 2 rings (SSSR count). The van der Waals surface area contributed by atoms with Gasteiger partial charge in [0, 0.05) is 16.6 Å². The van der Waals surface area contributed by atoms with E-state index in [0.29, 0.717) is 10.2 Å². The van der Waals surface area contributed by atoms with E-state index in [1.807, 2.05) is 18.2 Å². The summed E-state index contributed by atoms with van der Waals surface area (Å²) in [5.74, 6) is -0.349. The molecule has 1 amide bonds. The van der Waals surface area contributed by atoms with Crippen molar-refractivity contribution in [1.82, 2.24) is 5.32 Å². The molecule has 0 radical (unpaired) electrons. The standard InChI is InChI=1S/C15H13BrFNO2/c1-20-13-8-3-2-5-10(13)9-18-15(19)14-11(16)6-4-7-12(14)17/h2-8H,9H2,1H3,(H,18,19). The second kappa shape index (κ2) is 6.52. The van der Waals surface area contributed by atoms with Crippen molar-refractivity contribution < 1.29 is 13.9 Å². The summed E-state index contributed by atoms with van der Waals surface area (Å²) in [6.45, 7) is 0.267. The van der Waals surface area contributed by atoms with E-state index in [2.05, 4.69) is 21.2 Å². The molecule has 3 nitrogen and oxygen atoms in total. The van der Waals surface area contributed by atoms with Crippen LogP contribution in [0.5, 0.6) is 5.75 Å². The van der Waals surface area contributed by atoms with Crippen LogP contribution in [-0.4, -0.2) is 13.0 Å². The summed E-state index contributed by atoms with van der Waals surface area (Å²) in [6.07, 6.45) is 0. The minimum Gasteiger partial charge on any atom is -0.496 e. The summed E-state index contributed by atoms with van der Waals surface area (Å²) >= 11 is 3.18. The minimum absolute atomic E-state index is 0.00222. The van der Waals surface area contributed by atoms with Crippen molar-refractivity contribution in [3.8, 4) is 5.75 Å². The number of carbonyl (C=O) groups is 1. The average Bonchev–Trinajstić information content (AvgIpc) is 2.45. The molecule has 0 aliphatic carbocycles. The van der Waals surface area contributed by atoms with Crippen LogP contribution in [0.15, 0.2) is 46.9 Å². The average molecular weight is 338 g/mol. The van der Waals surface area contributed by atoms with Gasteiger partial charge in [-0.15, -0.1) is 0 Å². The smallest absolute Gasteiger partial charge is 0.255 e. The van der Waals surface area contributed by atoms with Crippen LogP contribution in [0.2, 0.25) is 0 Å². The van der Waals surface area contributed by atoms with E-state index in [0.717, 1.165) is 5.56 Å². The third-order valence-electron chi connectivity index (χ3n) is 2.82. The van der Waals surface area contributed by atoms with Crippen LogP contribution in [0, 0.1) is 5.82 Å². The molecule has 1 N–H and O–H groups in total. The lowest BCUT2D eigenvalue weighted by Crippen LogP contribution is -2.24. The number of rotatable bonds is 4. The number of ether oxygens (including phenoxy) is 1. The minimum atomic E-state index is -0.558. The van der Waals surface area contributed by atoms with Crippen molar-refractivity contribution >= 4 is 21.8 Å². The summed E-state index contributed by atoms with van der Waals surface area (Å²) < 4.78 is 19.3. The highest BCUT2D eigenvalue weighted by atomic mass is 79.9. The summed E-state index contributed by atoms with van der Waals surface area (Å²) in [7, 11) is 1.56. The van der Waals surface area contributed by atoms with Crippen LogP contribution >= 0.6 is 15.9 Å². The summed E-state index contributed by atoms with van der Waals surface area (Å²) in [5.41, 5.74) is 0.832. The lowest BCUT2D eigenvalue weighted by Gasteiger charge is -2.10. The second-order valence-corrected chi connectivity index (χ2v) is 4.95. The number of amides is 1. The molecule has 0 aliphatic heterocycles. The van der Waals surface area contributed by atoms with E-state index in [4.69, 9.17) is 4.74 Å². The Hall–Kier alpha value is -1.88. The zero-order valence-electron chi connectivity index (χ0n) is 10.8. The van der Waals surface area contributed by atoms with Gasteiger partial charge < -0.3 is 10.1 Å². The summed E-state index contributed by atoms with van der Waals surface area (Å²) in [4.78, 5) is 12.0. The first-order valence-corrected chi connectivity index (χ1v) is 6.77. The number of nitrogens with one attached hydrogen (secondary N) is 1. The maximum absolute atomic E-state index is 13.7. The van der Waals surface area contributed by atoms with Crippen LogP contribution in [0.3, 0.4) is 0 Å². The maximum atomic E-state index is 13.7. The maximum Gasteiger partial charge on any atom is 0.255 e. The van der Waals surface area contributed by atoms with Crippen LogP contribution in [0.25, 0.3) is 0 Å². The second-order valence-electron chi connectivity index (χ2n) is 4.09. The van der Waals surface area contributed by atoms with Gasteiger partial charge in [-0.25, -0.2) is 4.39 Å². The number of carbonyl (C=O) groups excluding carboxylic acids is 1. The van der Waals surface area contributed by atoms with E-state index in [1.165, 1.54) is 12.1 Å². The molecule has 2 aromatic rings. The van der Waals surface area contributed by atoms with Gasteiger partial charge in [0.2, 0.25) is 0 Å². The van der Waals surface area contributed by atoms with Gasteiger partial charge in [0.15, 0.2) is 0 Å². The van der Waals surface area contributed by atoms with Crippen molar-refractivity contribution in [2.24, 2.45) is 0 Å². The van der Waals surface area contributed by atoms with Gasteiger partial charge in [-0.1, -0.05) is 24.3 Å². The number of methoxy groups -OCH3 is 1. The van der Waals surface area contributed by atoms with E-state index >= 15 is 0 Å². The van der Waals surface area contributed by atoms with E-state index in [9.17, 15) is 9.18 Å². The predicted octanol–water partition coefficient (Wildman–Crippen LogP) is 3.53. The monoisotopic (exact) mass is 337 g/mol. The quantitative estimate of drug-likeness (QED) is 0.926. The fourth-order valence-corrected chi connectivity index (χ4v) is 2.35. The molecule has 0 fully saturated rings. The van der Waals surface area contributed by atoms with E-state index < -0.39 is 11.7 Å². The highest BCUT2D eigenvalue weighted by Gasteiger charge is 2.15. The molecular weight excluding hydrogens is 325 g/mol. The molecule has 104 valence electrons. The molecule has 0 atom stereocenters. The lowest BCUT2D eigenvalue weighted by molar-refractivity contribution is 0.0946. The molecule has 0 spiro atoms. The molecule has 0 aromatic heterocycles. The highest BCUT2D eigenvalue weighted by Crippen LogP contribution is 2.20. The Labute approximate surface area is 124 Å². The van der Waals surface area contributed by atoms with Crippen molar-refractivity contribution in [2.45, 2.75) is 6.54 Å². The molecule has 20 heavy (non-hydrogen) atoms. The molecular formula is C15H13BrFNO2. The van der Waals surface area contributed by atoms with Crippen molar-refractivity contribution in [3.63, 3.8) is 0 Å². The first-order chi connectivity index (χ1) is 9.63. The predicted molar refractivity (Wildman–Crippen MR) is 78.3 cm³/mol. The molecule has 0 saturated carbocycles. The topological polar surface area (TPSA) is 38.3 Å². The number of hydrogen-bond acceptors (Lipinski definition) is 2. The fourth-order valence-electron chi connectivity index (χ4n) is 1.83. The highest BCUT2D eigenvalue weighted by molar-refractivity contribution is 9.10. The molecule has 0 bridgehead atoms. The Bertz CT molecular complexity index is 611. The fraction of sp³-hybridized carbons (Fsp3) is 0.133. The Morgan fingerprint density at radius 2 is 2.00 bits per heavy atom. The van der Waals surface area contributed by atoms with Gasteiger partial charge in [0.05, 0.1) is 12.7 Å². The Morgan fingerprint density at radius 1 is 1.25 bits per heavy atom. The lowest BCUT2D eigenvalue weighted by atomic mass is 10.1. The van der Waals surface area contributed by atoms with Gasteiger partial charge in [-0.05, 0) is 34.1 Å². The van der Waals surface area contributed by atoms with E-state index in [-0.39, 0.29) is 12.1 Å². The van der Waals surface area contributed by atoms with Gasteiger partial charge >= 0.3 is 0 Å². The zero-order chi connectivity index (χ0) is 14.5. The Morgan fingerprint density at radius 3 is 2.70 bits per heavy atom. The molecule has 0 saturated heterocycles. The van der Waals surface area contributed by atoms with Gasteiger partial charge in [-0.2, -0.15) is 0 Å². The van der Waals surface area contributed by atoms with E-state index in [1.54, 1.807) is 19.2 Å². The van der Waals surface area contributed by atoms with Crippen molar-refractivity contribution in [2.75, 3.05) is 7.11 Å². The summed E-state index contributed by atoms with van der Waals surface area (Å²) in [6, 6.07) is 11.8. The third kappa shape index (κ3) is 3.17. The van der Waals surface area contributed by atoms with Gasteiger partial charge in [0.1, 0.15) is 11.6 Å². The molecule has 5 heteroatoms. The Balaban J connectivity index is 2.13. The van der Waals surface area contributed by atoms with Gasteiger partial charge in [-0.3, -0.25) is 4.79 Å². The molecule has 0 aliphatic rings. The number of hydrogen-bond donors (Lipinski definition) is 1. The summed E-state index contributed by atoms with van der Waals surface area (Å²) in [5, 5.41) is 2.68. The number of para-hydroxylation sites is 1. The SMILES string of the molecule is COc1ccccc1CNC(=O)c1c(F)cccc1Br.